The van der Waals surface area contributed by atoms with Crippen LogP contribution in [0.15, 0.2) is 17.5 Å². The predicted molar refractivity (Wildman–Crippen MR) is 83.3 cm³/mol. The summed E-state index contributed by atoms with van der Waals surface area (Å²) in [6.45, 7) is 4.27. The lowest BCUT2D eigenvalue weighted by molar-refractivity contribution is -0.144. The van der Waals surface area contributed by atoms with Crippen molar-refractivity contribution in [3.05, 3.63) is 22.4 Å². The first-order valence-corrected chi connectivity index (χ1v) is 8.25. The number of thiophene rings is 1. The highest BCUT2D eigenvalue weighted by Crippen LogP contribution is 2.26. The number of aliphatic hydroxyl groups excluding tert-OH is 1. The molecule has 2 N–H and O–H groups in total. The number of carbonyl (C=O) groups is 1. The van der Waals surface area contributed by atoms with Crippen molar-refractivity contribution in [2.45, 2.75) is 25.5 Å². The zero-order chi connectivity index (χ0) is 15.2. The van der Waals surface area contributed by atoms with Crippen LogP contribution in [0.25, 0.3) is 0 Å². The number of aliphatic hydroxyl groups is 1. The van der Waals surface area contributed by atoms with Crippen molar-refractivity contribution in [3.63, 3.8) is 0 Å². The standard InChI is InChI=1S/C15H24N2O3S/c1-11(9-16-2)15(19)17-5-6-20-10-12(17)8-13(18)14-4-3-7-21-14/h3-4,7,11-13,16,18H,5-6,8-10H2,1-2H3. The van der Waals surface area contributed by atoms with Crippen molar-refractivity contribution >= 4 is 17.2 Å². The number of rotatable bonds is 6. The maximum Gasteiger partial charge on any atom is 0.227 e. The summed E-state index contributed by atoms with van der Waals surface area (Å²) < 4.78 is 5.50. The third-order valence-electron chi connectivity index (χ3n) is 3.81. The van der Waals surface area contributed by atoms with Crippen LogP contribution in [0.3, 0.4) is 0 Å². The van der Waals surface area contributed by atoms with Gasteiger partial charge >= 0.3 is 0 Å². The second kappa shape index (κ2) is 7.89. The van der Waals surface area contributed by atoms with E-state index in [0.29, 0.717) is 32.7 Å². The Morgan fingerprint density at radius 2 is 2.48 bits per heavy atom. The summed E-state index contributed by atoms with van der Waals surface area (Å²) in [7, 11) is 1.85. The highest BCUT2D eigenvalue weighted by molar-refractivity contribution is 7.10. The fourth-order valence-corrected chi connectivity index (χ4v) is 3.40. The largest absolute Gasteiger partial charge is 0.387 e. The van der Waals surface area contributed by atoms with Crippen LogP contribution in [0.5, 0.6) is 0 Å². The van der Waals surface area contributed by atoms with E-state index in [1.54, 1.807) is 0 Å². The number of hydrogen-bond acceptors (Lipinski definition) is 5. The zero-order valence-electron chi connectivity index (χ0n) is 12.6. The van der Waals surface area contributed by atoms with Gasteiger partial charge in [0.15, 0.2) is 0 Å². The molecule has 0 aromatic carbocycles. The molecule has 1 amide bonds. The molecule has 1 aliphatic rings. The van der Waals surface area contributed by atoms with E-state index in [1.807, 2.05) is 36.4 Å². The van der Waals surface area contributed by atoms with E-state index in [-0.39, 0.29) is 17.9 Å². The van der Waals surface area contributed by atoms with E-state index >= 15 is 0 Å². The summed E-state index contributed by atoms with van der Waals surface area (Å²) in [6, 6.07) is 3.80. The minimum Gasteiger partial charge on any atom is -0.387 e. The van der Waals surface area contributed by atoms with E-state index in [2.05, 4.69) is 5.32 Å². The highest BCUT2D eigenvalue weighted by atomic mass is 32.1. The second-order valence-electron chi connectivity index (χ2n) is 5.49. The van der Waals surface area contributed by atoms with Crippen molar-refractivity contribution in [1.82, 2.24) is 10.2 Å². The minimum atomic E-state index is -0.536. The molecule has 0 aliphatic carbocycles. The Morgan fingerprint density at radius 1 is 1.67 bits per heavy atom. The third kappa shape index (κ3) is 4.26. The Kier molecular flexibility index (Phi) is 6.17. The Hall–Kier alpha value is -0.950. The van der Waals surface area contributed by atoms with E-state index < -0.39 is 6.10 Å². The molecule has 6 heteroatoms. The molecule has 21 heavy (non-hydrogen) atoms. The van der Waals surface area contributed by atoms with Crippen LogP contribution in [-0.2, 0) is 9.53 Å². The number of nitrogens with zero attached hydrogens (tertiary/aromatic N) is 1. The minimum absolute atomic E-state index is 0.0531. The molecule has 5 nitrogen and oxygen atoms in total. The maximum atomic E-state index is 12.5. The van der Waals surface area contributed by atoms with Crippen molar-refractivity contribution in [2.75, 3.05) is 33.4 Å². The summed E-state index contributed by atoms with van der Waals surface area (Å²) in [6.07, 6.45) is -0.00923. The highest BCUT2D eigenvalue weighted by Gasteiger charge is 2.31. The molecule has 1 aromatic heterocycles. The van der Waals surface area contributed by atoms with Crippen molar-refractivity contribution in [3.8, 4) is 0 Å². The average Bonchev–Trinajstić information content (AvgIpc) is 3.01. The van der Waals surface area contributed by atoms with Crippen molar-refractivity contribution in [2.24, 2.45) is 5.92 Å². The van der Waals surface area contributed by atoms with Crippen LogP contribution in [0, 0.1) is 5.92 Å². The number of amides is 1. The lowest BCUT2D eigenvalue weighted by Crippen LogP contribution is -2.51. The predicted octanol–water partition coefficient (Wildman–Crippen LogP) is 1.25. The van der Waals surface area contributed by atoms with Gasteiger partial charge in [0.05, 0.1) is 25.4 Å². The molecule has 0 saturated carbocycles. The van der Waals surface area contributed by atoms with Gasteiger partial charge in [0.25, 0.3) is 0 Å². The average molecular weight is 312 g/mol. The topological polar surface area (TPSA) is 61.8 Å². The van der Waals surface area contributed by atoms with Crippen LogP contribution in [0.1, 0.15) is 24.3 Å². The Morgan fingerprint density at radius 3 is 3.14 bits per heavy atom. The molecule has 2 rings (SSSR count). The van der Waals surface area contributed by atoms with Gasteiger partial charge in [-0.1, -0.05) is 13.0 Å². The van der Waals surface area contributed by atoms with Gasteiger partial charge in [-0.25, -0.2) is 0 Å². The lowest BCUT2D eigenvalue weighted by atomic mass is 10.0. The van der Waals surface area contributed by atoms with Crippen molar-refractivity contribution in [1.29, 1.82) is 0 Å². The van der Waals surface area contributed by atoms with Crippen LogP contribution >= 0.6 is 11.3 Å². The first kappa shape index (κ1) is 16.4. The van der Waals surface area contributed by atoms with Gasteiger partial charge in [-0.15, -0.1) is 11.3 Å². The third-order valence-corrected chi connectivity index (χ3v) is 4.78. The molecule has 3 atom stereocenters. The number of hydrogen-bond donors (Lipinski definition) is 2. The van der Waals surface area contributed by atoms with Crippen LogP contribution in [0.2, 0.25) is 0 Å². The number of carbonyl (C=O) groups excluding carboxylic acids is 1. The first-order valence-electron chi connectivity index (χ1n) is 7.37. The zero-order valence-corrected chi connectivity index (χ0v) is 13.4. The SMILES string of the molecule is CNCC(C)C(=O)N1CCOCC1CC(O)c1cccs1. The van der Waals surface area contributed by atoms with Crippen LogP contribution in [-0.4, -0.2) is 55.3 Å². The molecule has 1 aromatic rings. The monoisotopic (exact) mass is 312 g/mol. The van der Waals surface area contributed by atoms with E-state index in [1.165, 1.54) is 11.3 Å². The van der Waals surface area contributed by atoms with Crippen LogP contribution in [0.4, 0.5) is 0 Å². The van der Waals surface area contributed by atoms with Crippen LogP contribution < -0.4 is 5.32 Å². The Balaban J connectivity index is 2.00. The molecule has 1 fully saturated rings. The molecule has 1 saturated heterocycles. The summed E-state index contributed by atoms with van der Waals surface area (Å²) in [5, 5.41) is 15.3. The maximum absolute atomic E-state index is 12.5. The summed E-state index contributed by atoms with van der Waals surface area (Å²) in [5.74, 6) is 0.0745. The molecule has 3 unspecified atom stereocenters. The summed E-state index contributed by atoms with van der Waals surface area (Å²) in [4.78, 5) is 15.3. The van der Waals surface area contributed by atoms with Crippen molar-refractivity contribution < 1.29 is 14.6 Å². The Labute approximate surface area is 129 Å². The summed E-state index contributed by atoms with van der Waals surface area (Å²) >= 11 is 1.54. The Bertz CT molecular complexity index is 438. The molecular formula is C15H24N2O3S. The smallest absolute Gasteiger partial charge is 0.227 e. The number of morpholine rings is 1. The van der Waals surface area contributed by atoms with Gasteiger partial charge in [-0.05, 0) is 18.5 Å². The van der Waals surface area contributed by atoms with Gasteiger partial charge < -0.3 is 20.1 Å². The quantitative estimate of drug-likeness (QED) is 0.830. The van der Waals surface area contributed by atoms with E-state index in [0.717, 1.165) is 4.88 Å². The van der Waals surface area contributed by atoms with Gasteiger partial charge in [0, 0.05) is 30.3 Å². The normalized spacial score (nSPS) is 22.0. The fraction of sp³-hybridized carbons (Fsp3) is 0.667. The molecule has 1 aliphatic heterocycles. The first-order chi connectivity index (χ1) is 10.1. The lowest BCUT2D eigenvalue weighted by Gasteiger charge is -2.38. The molecule has 0 spiro atoms. The molecule has 2 heterocycles. The molecular weight excluding hydrogens is 288 g/mol. The number of ether oxygens (including phenoxy) is 1. The molecule has 0 bridgehead atoms. The number of nitrogens with one attached hydrogen (secondary N) is 1. The van der Waals surface area contributed by atoms with Gasteiger partial charge in [-0.3, -0.25) is 4.79 Å². The fourth-order valence-electron chi connectivity index (χ4n) is 2.67. The van der Waals surface area contributed by atoms with Gasteiger partial charge in [-0.2, -0.15) is 0 Å². The summed E-state index contributed by atoms with van der Waals surface area (Å²) in [5.41, 5.74) is 0. The van der Waals surface area contributed by atoms with Gasteiger partial charge in [0.1, 0.15) is 0 Å². The van der Waals surface area contributed by atoms with Gasteiger partial charge in [0.2, 0.25) is 5.91 Å². The molecule has 118 valence electrons. The molecule has 0 radical (unpaired) electrons. The van der Waals surface area contributed by atoms with E-state index in [9.17, 15) is 9.90 Å². The second-order valence-corrected chi connectivity index (χ2v) is 6.47. The van der Waals surface area contributed by atoms with E-state index in [4.69, 9.17) is 4.74 Å².